The number of aliphatic carboxylic acids is 1. The summed E-state index contributed by atoms with van der Waals surface area (Å²) < 4.78 is 0. The van der Waals surface area contributed by atoms with Gasteiger partial charge in [0.15, 0.2) is 0 Å². The fourth-order valence-corrected chi connectivity index (χ4v) is 4.26. The summed E-state index contributed by atoms with van der Waals surface area (Å²) in [5.41, 5.74) is 0.987. The number of hydrogen-bond donors (Lipinski definition) is 1. The normalized spacial score (nSPS) is 25.9. The van der Waals surface area contributed by atoms with Crippen LogP contribution in [0.5, 0.6) is 0 Å². The Balaban J connectivity index is 1.56. The van der Waals surface area contributed by atoms with Gasteiger partial charge in [-0.3, -0.25) is 14.4 Å². The first-order valence-corrected chi connectivity index (χ1v) is 9.79. The van der Waals surface area contributed by atoms with E-state index < -0.39 is 5.97 Å². The second-order valence-electron chi connectivity index (χ2n) is 7.84. The fraction of sp³-hybridized carbons (Fsp3) is 0.571. The van der Waals surface area contributed by atoms with Gasteiger partial charge in [-0.15, -0.1) is 0 Å². The largest absolute Gasteiger partial charge is 0.481 e. The van der Waals surface area contributed by atoms with Gasteiger partial charge in [0, 0.05) is 26.2 Å². The van der Waals surface area contributed by atoms with Gasteiger partial charge >= 0.3 is 5.97 Å². The molecule has 3 unspecified atom stereocenters. The fourth-order valence-electron chi connectivity index (χ4n) is 4.26. The van der Waals surface area contributed by atoms with Crippen molar-refractivity contribution in [3.8, 4) is 0 Å². The second-order valence-corrected chi connectivity index (χ2v) is 7.84. The molecule has 1 aromatic carbocycles. The van der Waals surface area contributed by atoms with Gasteiger partial charge in [-0.1, -0.05) is 37.3 Å². The predicted molar refractivity (Wildman–Crippen MR) is 101 cm³/mol. The summed E-state index contributed by atoms with van der Waals surface area (Å²) in [6, 6.07) is 9.66. The molecule has 1 aromatic rings. The molecule has 0 bridgehead atoms. The molecule has 2 saturated heterocycles. The summed E-state index contributed by atoms with van der Waals surface area (Å²) in [7, 11) is 0. The molecule has 0 saturated carbocycles. The zero-order valence-electron chi connectivity index (χ0n) is 15.8. The van der Waals surface area contributed by atoms with Crippen LogP contribution in [0.2, 0.25) is 0 Å². The Bertz CT molecular complexity index is 691. The summed E-state index contributed by atoms with van der Waals surface area (Å²) in [6.07, 6.45) is 2.49. The van der Waals surface area contributed by atoms with E-state index in [2.05, 4.69) is 0 Å². The molecule has 3 atom stereocenters. The van der Waals surface area contributed by atoms with Crippen molar-refractivity contribution in [2.45, 2.75) is 32.6 Å². The molecule has 0 radical (unpaired) electrons. The van der Waals surface area contributed by atoms with Crippen molar-refractivity contribution < 1.29 is 19.5 Å². The first-order chi connectivity index (χ1) is 13.0. The van der Waals surface area contributed by atoms with Crippen LogP contribution < -0.4 is 0 Å². The van der Waals surface area contributed by atoms with E-state index in [1.807, 2.05) is 42.2 Å². The molecule has 2 amide bonds. The standard InChI is InChI=1S/C21H28N2O4/c1-15-13-23(11-9-18(15)21(26)27)20(25)17-8-5-10-22(14-17)19(24)12-16-6-3-2-4-7-16/h2-4,6-7,15,17-18H,5,8-14H2,1H3,(H,26,27). The molecule has 27 heavy (non-hydrogen) atoms. The van der Waals surface area contributed by atoms with E-state index in [1.165, 1.54) is 0 Å². The molecule has 2 fully saturated rings. The molecule has 2 heterocycles. The van der Waals surface area contributed by atoms with Crippen LogP contribution in [0.1, 0.15) is 31.7 Å². The predicted octanol–water partition coefficient (Wildman–Crippen LogP) is 2.04. The molecule has 0 spiro atoms. The molecule has 2 aliphatic rings. The monoisotopic (exact) mass is 372 g/mol. The van der Waals surface area contributed by atoms with Gasteiger partial charge in [0.2, 0.25) is 11.8 Å². The number of nitrogens with zero attached hydrogens (tertiary/aromatic N) is 2. The lowest BCUT2D eigenvalue weighted by Gasteiger charge is -2.39. The Hall–Kier alpha value is -2.37. The van der Waals surface area contributed by atoms with E-state index in [4.69, 9.17) is 0 Å². The van der Waals surface area contributed by atoms with E-state index in [-0.39, 0.29) is 29.6 Å². The number of carboxylic acids is 1. The third-order valence-corrected chi connectivity index (χ3v) is 5.86. The zero-order chi connectivity index (χ0) is 19.4. The van der Waals surface area contributed by atoms with Gasteiger partial charge in [0.1, 0.15) is 0 Å². The van der Waals surface area contributed by atoms with Crippen LogP contribution in [-0.2, 0) is 20.8 Å². The Morgan fingerprint density at radius 1 is 1.04 bits per heavy atom. The van der Waals surface area contributed by atoms with Crippen molar-refractivity contribution in [2.75, 3.05) is 26.2 Å². The first kappa shape index (κ1) is 19.4. The number of carboxylic acid groups (broad SMARTS) is 1. The molecule has 146 valence electrons. The molecular formula is C21H28N2O4. The Labute approximate surface area is 160 Å². The van der Waals surface area contributed by atoms with Crippen molar-refractivity contribution in [1.82, 2.24) is 9.80 Å². The number of carbonyl (C=O) groups excluding carboxylic acids is 2. The Morgan fingerprint density at radius 2 is 1.78 bits per heavy atom. The maximum absolute atomic E-state index is 12.9. The molecular weight excluding hydrogens is 344 g/mol. The lowest BCUT2D eigenvalue weighted by molar-refractivity contribution is -0.150. The summed E-state index contributed by atoms with van der Waals surface area (Å²) in [4.78, 5) is 40.4. The number of carbonyl (C=O) groups is 3. The van der Waals surface area contributed by atoms with Crippen LogP contribution >= 0.6 is 0 Å². The molecule has 0 aliphatic carbocycles. The maximum atomic E-state index is 12.9. The molecule has 6 heteroatoms. The minimum absolute atomic E-state index is 0.0420. The highest BCUT2D eigenvalue weighted by Gasteiger charge is 2.36. The van der Waals surface area contributed by atoms with Crippen molar-refractivity contribution in [2.24, 2.45) is 17.8 Å². The molecule has 0 aromatic heterocycles. The van der Waals surface area contributed by atoms with Crippen molar-refractivity contribution >= 4 is 17.8 Å². The molecule has 6 nitrogen and oxygen atoms in total. The minimum atomic E-state index is -0.773. The molecule has 3 rings (SSSR count). The van der Waals surface area contributed by atoms with E-state index in [0.717, 1.165) is 18.4 Å². The van der Waals surface area contributed by atoms with Gasteiger partial charge in [0.25, 0.3) is 0 Å². The summed E-state index contributed by atoms with van der Waals surface area (Å²) in [6.45, 7) is 4.05. The van der Waals surface area contributed by atoms with E-state index in [9.17, 15) is 19.5 Å². The Kier molecular flexibility index (Phi) is 6.14. The lowest BCUT2D eigenvalue weighted by atomic mass is 9.86. The number of rotatable bonds is 4. The van der Waals surface area contributed by atoms with Gasteiger partial charge in [-0.05, 0) is 30.7 Å². The van der Waals surface area contributed by atoms with Crippen LogP contribution in [0, 0.1) is 17.8 Å². The van der Waals surface area contributed by atoms with E-state index in [1.54, 1.807) is 4.90 Å². The number of amides is 2. The van der Waals surface area contributed by atoms with Crippen LogP contribution in [0.15, 0.2) is 30.3 Å². The van der Waals surface area contributed by atoms with Crippen LogP contribution in [-0.4, -0.2) is 58.9 Å². The van der Waals surface area contributed by atoms with E-state index in [0.29, 0.717) is 39.0 Å². The van der Waals surface area contributed by atoms with Crippen molar-refractivity contribution in [3.63, 3.8) is 0 Å². The smallest absolute Gasteiger partial charge is 0.306 e. The van der Waals surface area contributed by atoms with Crippen LogP contribution in [0.4, 0.5) is 0 Å². The third kappa shape index (κ3) is 4.67. The molecule has 2 aliphatic heterocycles. The van der Waals surface area contributed by atoms with Crippen molar-refractivity contribution in [3.05, 3.63) is 35.9 Å². The highest BCUT2D eigenvalue weighted by atomic mass is 16.4. The highest BCUT2D eigenvalue weighted by Crippen LogP contribution is 2.27. The van der Waals surface area contributed by atoms with Gasteiger partial charge < -0.3 is 14.9 Å². The average Bonchev–Trinajstić information content (AvgIpc) is 2.68. The quantitative estimate of drug-likeness (QED) is 0.877. The number of piperidine rings is 2. The highest BCUT2D eigenvalue weighted by molar-refractivity contribution is 5.82. The summed E-state index contributed by atoms with van der Waals surface area (Å²) >= 11 is 0. The number of hydrogen-bond acceptors (Lipinski definition) is 3. The third-order valence-electron chi connectivity index (χ3n) is 5.86. The first-order valence-electron chi connectivity index (χ1n) is 9.79. The average molecular weight is 372 g/mol. The maximum Gasteiger partial charge on any atom is 0.306 e. The zero-order valence-corrected chi connectivity index (χ0v) is 15.8. The SMILES string of the molecule is CC1CN(C(=O)C2CCCN(C(=O)Cc3ccccc3)C2)CCC1C(=O)O. The van der Waals surface area contributed by atoms with Gasteiger partial charge in [-0.25, -0.2) is 0 Å². The lowest BCUT2D eigenvalue weighted by Crippen LogP contribution is -2.51. The second kappa shape index (κ2) is 8.55. The molecule has 1 N–H and O–H groups in total. The van der Waals surface area contributed by atoms with Crippen molar-refractivity contribution in [1.29, 1.82) is 0 Å². The van der Waals surface area contributed by atoms with Gasteiger partial charge in [0.05, 0.1) is 18.3 Å². The number of likely N-dealkylation sites (tertiary alicyclic amines) is 2. The van der Waals surface area contributed by atoms with Crippen LogP contribution in [0.25, 0.3) is 0 Å². The minimum Gasteiger partial charge on any atom is -0.481 e. The summed E-state index contributed by atoms with van der Waals surface area (Å²) in [5.74, 6) is -1.22. The topological polar surface area (TPSA) is 77.9 Å². The van der Waals surface area contributed by atoms with E-state index >= 15 is 0 Å². The Morgan fingerprint density at radius 3 is 2.44 bits per heavy atom. The number of benzene rings is 1. The van der Waals surface area contributed by atoms with Crippen LogP contribution in [0.3, 0.4) is 0 Å². The van der Waals surface area contributed by atoms with Gasteiger partial charge in [-0.2, -0.15) is 0 Å². The summed E-state index contributed by atoms with van der Waals surface area (Å²) in [5, 5.41) is 9.25.